The van der Waals surface area contributed by atoms with Crippen molar-refractivity contribution in [3.8, 4) is 0 Å². The maximum absolute atomic E-state index is 12.3. The molecule has 83 heavy (non-hydrogen) atoms. The summed E-state index contributed by atoms with van der Waals surface area (Å²) in [6, 6.07) is 26.4. The summed E-state index contributed by atoms with van der Waals surface area (Å²) in [5.41, 5.74) is 17.6. The van der Waals surface area contributed by atoms with Crippen molar-refractivity contribution < 1.29 is 85.1 Å². The Morgan fingerprint density at radius 2 is 1.07 bits per heavy atom. The van der Waals surface area contributed by atoms with Crippen molar-refractivity contribution in [2.45, 2.75) is 48.7 Å². The summed E-state index contributed by atoms with van der Waals surface area (Å²) < 4.78 is 167. The van der Waals surface area contributed by atoms with Crippen molar-refractivity contribution in [3.63, 3.8) is 0 Å². The van der Waals surface area contributed by atoms with Crippen LogP contribution in [0.1, 0.15) is 11.1 Å². The number of aromatic nitrogens is 5. The van der Waals surface area contributed by atoms with E-state index in [0.717, 1.165) is 24.5 Å². The van der Waals surface area contributed by atoms with Gasteiger partial charge in [-0.2, -0.15) is 47.9 Å². The summed E-state index contributed by atoms with van der Waals surface area (Å²) >= 11 is 15.8. The van der Waals surface area contributed by atoms with E-state index in [0.29, 0.717) is 21.8 Å². The van der Waals surface area contributed by atoms with Crippen LogP contribution in [0.5, 0.6) is 0 Å². The summed E-state index contributed by atoms with van der Waals surface area (Å²) in [7, 11) is -7.44. The summed E-state index contributed by atoms with van der Waals surface area (Å²) in [5, 5.41) is 1.94. The van der Waals surface area contributed by atoms with E-state index >= 15 is 0 Å². The predicted octanol–water partition coefficient (Wildman–Crippen LogP) is 9.36. The fraction of sp³-hybridized carbons (Fsp3) is 0.152. The Balaban J connectivity index is 0.000000356. The van der Waals surface area contributed by atoms with Crippen molar-refractivity contribution in [2.75, 3.05) is 21.1 Å². The number of amides is 3. The average Bonchev–Trinajstić information content (AvgIpc) is 4.04. The van der Waals surface area contributed by atoms with Crippen molar-refractivity contribution in [2.24, 2.45) is 15.9 Å². The number of aryl methyl sites for hydroxylation is 2. The van der Waals surface area contributed by atoms with Crippen molar-refractivity contribution in [3.05, 3.63) is 163 Å². The van der Waals surface area contributed by atoms with Crippen molar-refractivity contribution in [1.29, 1.82) is 0 Å². The number of primary amides is 2. The molecule has 0 atom stereocenters. The number of carbonyl (C=O) groups excluding carboxylic acids is 5. The molecule has 0 radical (unpaired) electrons. The largest absolute Gasteiger partial charge is 0.491 e. The highest BCUT2D eigenvalue weighted by Crippen LogP contribution is 2.23. The molecule has 0 fully saturated rings. The molecule has 37 heteroatoms. The van der Waals surface area contributed by atoms with Crippen LogP contribution < -0.4 is 32.7 Å². The van der Waals surface area contributed by atoms with E-state index in [9.17, 15) is 80.3 Å². The van der Waals surface area contributed by atoms with Gasteiger partial charge >= 0.3 is 36.4 Å². The Morgan fingerprint density at radius 3 is 1.51 bits per heavy atom. The first-order valence-corrected chi connectivity index (χ1v) is 28.8. The van der Waals surface area contributed by atoms with Crippen molar-refractivity contribution in [1.82, 2.24) is 23.9 Å². The zero-order valence-corrected chi connectivity index (χ0v) is 51.2. The fourth-order valence-corrected chi connectivity index (χ4v) is 8.13. The van der Waals surface area contributed by atoms with Crippen LogP contribution in [0.4, 0.5) is 57.0 Å². The number of nitrogens with one attached hydrogen (secondary N) is 2. The minimum Gasteiger partial charge on any atom is -0.384 e. The number of pyridine rings is 4. The number of ether oxygens (including phenoxy) is 1. The molecule has 8 N–H and O–H groups in total. The third-order valence-corrected chi connectivity index (χ3v) is 13.7. The number of nitrogens with zero attached hydrogens (tertiary/aromatic N) is 6. The number of imidazole rings is 1. The highest BCUT2D eigenvalue weighted by Gasteiger charge is 2.49. The second-order valence-corrected chi connectivity index (χ2v) is 22.8. The molecule has 0 bridgehead atoms. The van der Waals surface area contributed by atoms with Gasteiger partial charge in [-0.1, -0.05) is 51.3 Å². The Labute approximate surface area is 506 Å². The molecule has 0 saturated carbocycles. The van der Waals surface area contributed by atoms with Crippen LogP contribution in [-0.2, 0) is 55.3 Å². The molecule has 5 aromatic heterocycles. The molecule has 0 aliphatic rings. The van der Waals surface area contributed by atoms with E-state index in [4.69, 9.17) is 11.5 Å². The molecule has 0 unspecified atom stereocenters. The summed E-state index contributed by atoms with van der Waals surface area (Å²) in [5.74, 6) is -8.67. The highest BCUT2D eigenvalue weighted by molar-refractivity contribution is 9.11. The lowest BCUT2D eigenvalue weighted by molar-refractivity contribution is -0.221. The van der Waals surface area contributed by atoms with Crippen molar-refractivity contribution >= 4 is 152 Å². The molecule has 0 spiro atoms. The topological polar surface area (TPSA) is 325 Å². The zero-order valence-electron chi connectivity index (χ0n) is 41.6. The number of halogens is 14. The number of carbonyl (C=O) groups is 5. The van der Waals surface area contributed by atoms with E-state index in [1.54, 1.807) is 96.7 Å². The van der Waals surface area contributed by atoms with Crippen LogP contribution in [0.3, 0.4) is 0 Å². The minimum atomic E-state index is -5.62. The first-order valence-electron chi connectivity index (χ1n) is 21.6. The van der Waals surface area contributed by atoms with Gasteiger partial charge in [-0.15, -0.1) is 4.40 Å². The molecule has 0 aliphatic heterocycles. The molecular formula is C46H39Br5F9N11O10S2. The monoisotopic (exact) mass is 1530 g/mol. The number of nitrogens with two attached hydrogens (primary N) is 3. The van der Waals surface area contributed by atoms with E-state index in [-0.39, 0.29) is 38.9 Å². The first kappa shape index (κ1) is 72.3. The number of alkyl halides is 10. The number of benzene rings is 2. The lowest BCUT2D eigenvalue weighted by Gasteiger charge is -2.07. The summed E-state index contributed by atoms with van der Waals surface area (Å²) in [4.78, 5) is 62.5. The number of hydrogen-bond acceptors (Lipinski definition) is 14. The number of anilines is 3. The van der Waals surface area contributed by atoms with Crippen LogP contribution in [-0.4, -0.2) is 94.3 Å². The number of hydrogen-bond donors (Lipinski definition) is 5. The van der Waals surface area contributed by atoms with Gasteiger partial charge in [-0.05, 0) is 150 Å². The van der Waals surface area contributed by atoms with Gasteiger partial charge in [0.2, 0.25) is 11.8 Å². The van der Waals surface area contributed by atoms with E-state index < -0.39 is 62.3 Å². The molecule has 7 aromatic rings. The van der Waals surface area contributed by atoms with E-state index in [2.05, 4.69) is 114 Å². The van der Waals surface area contributed by atoms with E-state index in [1.807, 2.05) is 19.9 Å². The van der Waals surface area contributed by atoms with Gasteiger partial charge in [0.05, 0.1) is 21.3 Å². The van der Waals surface area contributed by atoms with Gasteiger partial charge in [-0.25, -0.2) is 33.0 Å². The Bertz CT molecular complexity index is 3610. The number of fused-ring (bicyclic) bond motifs is 1. The maximum Gasteiger partial charge on any atom is 0.491 e. The maximum atomic E-state index is 12.3. The molecule has 0 aliphatic carbocycles. The molecular weight excluding hydrogens is 1500 g/mol. The fourth-order valence-electron chi connectivity index (χ4n) is 4.92. The minimum absolute atomic E-state index is 0.0895. The second kappa shape index (κ2) is 32.3. The molecule has 0 saturated heterocycles. The quantitative estimate of drug-likeness (QED) is 0.0389. The van der Waals surface area contributed by atoms with Gasteiger partial charge in [0.25, 0.3) is 20.0 Å². The van der Waals surface area contributed by atoms with Crippen LogP contribution in [0.2, 0.25) is 0 Å². The second-order valence-electron chi connectivity index (χ2n) is 15.3. The summed E-state index contributed by atoms with van der Waals surface area (Å²) in [6.07, 6.45) is -8.51. The van der Waals surface area contributed by atoms with Gasteiger partial charge < -0.3 is 36.2 Å². The van der Waals surface area contributed by atoms with Crippen LogP contribution >= 0.6 is 79.6 Å². The average molecular weight is 1540 g/mol. The lowest BCUT2D eigenvalue weighted by atomic mass is 10.2. The lowest BCUT2D eigenvalue weighted by Crippen LogP contribution is -2.34. The molecule has 21 nitrogen and oxygen atoms in total. The molecule has 448 valence electrons. The molecule has 2 aromatic carbocycles. The predicted molar refractivity (Wildman–Crippen MR) is 299 cm³/mol. The standard InChI is InChI=1S/C14H14BrN3O3S.C12H11BrN2O2S.C9H5BrF3N3O.C5H5BrN2.C4F6O3.C2H4BrNO/c1-10-2-5-12(6-3-10)22(20,21)17-14-7-4-11(15)8-18(14)9-13(16)19;1-9-2-5-11(6-3-9)18(16,17)15-12-7-4-10(13)8-14-12;10-5-1-2-7-14-6(4-16(7)3-5)15-8(17)9(11,12)13;6-4-1-2-5(7)8-3-4;5-3(6,7)1(11)13-2(12)4(8,9)10;3-1-2(4)5/h2-8H,9H2,1H3,(H2,16,19);2-8H,1H3,(H,14,15);1-4H,(H,15,17);1-3H,(H2,7,8);;1H2,(H2,4,5). The van der Waals surface area contributed by atoms with Gasteiger partial charge in [0.1, 0.15) is 29.3 Å². The molecule has 7 rings (SSSR count). The van der Waals surface area contributed by atoms with Crippen LogP contribution in [0.25, 0.3) is 5.65 Å². The summed E-state index contributed by atoms with van der Waals surface area (Å²) in [6.45, 7) is 3.60. The number of nitrogen functional groups attached to an aromatic ring is 1. The van der Waals surface area contributed by atoms with Gasteiger partial charge in [0.15, 0.2) is 5.82 Å². The highest BCUT2D eigenvalue weighted by atomic mass is 79.9. The third kappa shape index (κ3) is 27.4. The Morgan fingerprint density at radius 1 is 0.602 bits per heavy atom. The molecule has 3 amide bonds. The number of sulfonamides is 2. The number of esters is 2. The zero-order chi connectivity index (χ0) is 63.3. The Kier molecular flexibility index (Phi) is 28.1. The number of rotatable bonds is 9. The normalized spacial score (nSPS) is 11.4. The molecule has 5 heterocycles. The van der Waals surface area contributed by atoms with Gasteiger partial charge in [0, 0.05) is 42.7 Å². The van der Waals surface area contributed by atoms with Crippen LogP contribution in [0.15, 0.2) is 160 Å². The third-order valence-electron chi connectivity index (χ3n) is 8.57. The van der Waals surface area contributed by atoms with Crippen LogP contribution in [0, 0.1) is 13.8 Å². The Hall–Kier alpha value is -6.80. The first-order chi connectivity index (χ1) is 38.2. The smallest absolute Gasteiger partial charge is 0.384 e. The van der Waals surface area contributed by atoms with E-state index in [1.165, 1.54) is 39.6 Å². The SMILES string of the molecule is Cc1ccc(S(=O)(=O)N=c2ccc(Br)cn2CC(N)=O)cc1.Cc1ccc(S(=O)(=O)Nc2ccc(Br)cn2)cc1.NC(=O)CBr.Nc1ccc(Br)cn1.O=C(Nc1cn2cc(Br)ccc2n1)C(F)(F)F.O=C(OC(=O)C(F)(F)F)C(F)(F)F. The van der Waals surface area contributed by atoms with Gasteiger partial charge in [-0.3, -0.25) is 19.1 Å².